The quantitative estimate of drug-likeness (QED) is 0.790. The summed E-state index contributed by atoms with van der Waals surface area (Å²) in [5, 5.41) is 4.06. The highest BCUT2D eigenvalue weighted by Crippen LogP contribution is 2.32. The maximum Gasteiger partial charge on any atom is 0.255 e. The molecule has 1 aromatic rings. The summed E-state index contributed by atoms with van der Waals surface area (Å²) in [4.78, 5) is 7.28. The summed E-state index contributed by atoms with van der Waals surface area (Å²) in [5.41, 5.74) is 1.04. The smallest absolute Gasteiger partial charge is 0.255 e. The van der Waals surface area contributed by atoms with Crippen molar-refractivity contribution >= 4 is 16.5 Å². The van der Waals surface area contributed by atoms with Crippen molar-refractivity contribution in [1.82, 2.24) is 10.3 Å². The van der Waals surface area contributed by atoms with Gasteiger partial charge in [0, 0.05) is 24.5 Å². The zero-order valence-electron chi connectivity index (χ0n) is 12.9. The molecule has 1 atom stereocenters. The van der Waals surface area contributed by atoms with E-state index in [4.69, 9.17) is 0 Å². The standard InChI is InChI=1S/C14H25F2N3S/c1-6-10(4)13-11(7-17-9(2)3)20-14(18-13)19(5)8-12(15)16/h9-10,12,17H,6-8H2,1-5H3. The van der Waals surface area contributed by atoms with E-state index in [1.807, 2.05) is 0 Å². The molecule has 1 unspecified atom stereocenters. The van der Waals surface area contributed by atoms with Crippen molar-refractivity contribution in [3.8, 4) is 0 Å². The second-order valence-electron chi connectivity index (χ2n) is 5.42. The molecule has 116 valence electrons. The molecule has 1 rings (SSSR count). The molecule has 0 radical (unpaired) electrons. The highest BCUT2D eigenvalue weighted by Gasteiger charge is 2.19. The van der Waals surface area contributed by atoms with E-state index < -0.39 is 6.43 Å². The van der Waals surface area contributed by atoms with Crippen molar-refractivity contribution in [2.45, 2.75) is 59.0 Å². The Labute approximate surface area is 124 Å². The molecule has 0 spiro atoms. The molecule has 3 nitrogen and oxygen atoms in total. The number of rotatable bonds is 8. The van der Waals surface area contributed by atoms with Crippen LogP contribution in [0.2, 0.25) is 0 Å². The van der Waals surface area contributed by atoms with Gasteiger partial charge in [0.15, 0.2) is 5.13 Å². The van der Waals surface area contributed by atoms with Crippen LogP contribution in [-0.2, 0) is 6.54 Å². The molecule has 0 aliphatic heterocycles. The average molecular weight is 305 g/mol. The molecule has 0 fully saturated rings. The van der Waals surface area contributed by atoms with E-state index in [1.54, 1.807) is 11.9 Å². The first-order valence-electron chi connectivity index (χ1n) is 7.07. The molecule has 1 aromatic heterocycles. The summed E-state index contributed by atoms with van der Waals surface area (Å²) < 4.78 is 25.0. The summed E-state index contributed by atoms with van der Waals surface area (Å²) in [6.07, 6.45) is -1.34. The molecule has 6 heteroatoms. The Kier molecular flexibility index (Phi) is 6.82. The maximum absolute atomic E-state index is 12.5. The Hall–Kier alpha value is -0.750. The van der Waals surface area contributed by atoms with Gasteiger partial charge < -0.3 is 10.2 Å². The molecule has 0 aromatic carbocycles. The molecule has 0 bridgehead atoms. The van der Waals surface area contributed by atoms with Crippen LogP contribution >= 0.6 is 11.3 Å². The molecule has 0 aliphatic rings. The molecule has 0 saturated carbocycles. The second-order valence-corrected chi connectivity index (χ2v) is 6.48. The number of aromatic nitrogens is 1. The lowest BCUT2D eigenvalue weighted by atomic mass is 10.0. The minimum Gasteiger partial charge on any atom is -0.345 e. The van der Waals surface area contributed by atoms with Crippen LogP contribution in [0, 0.1) is 0 Å². The topological polar surface area (TPSA) is 28.2 Å². The molecule has 0 amide bonds. The number of thiazole rings is 1. The first-order valence-corrected chi connectivity index (χ1v) is 7.89. The zero-order valence-corrected chi connectivity index (χ0v) is 13.7. The lowest BCUT2D eigenvalue weighted by Gasteiger charge is -2.14. The van der Waals surface area contributed by atoms with E-state index in [0.717, 1.165) is 23.5 Å². The highest BCUT2D eigenvalue weighted by molar-refractivity contribution is 7.15. The Morgan fingerprint density at radius 3 is 2.45 bits per heavy atom. The van der Waals surface area contributed by atoms with E-state index in [9.17, 15) is 8.78 Å². The van der Waals surface area contributed by atoms with E-state index in [2.05, 4.69) is 38.0 Å². The summed E-state index contributed by atoms with van der Waals surface area (Å²) in [6.45, 7) is 8.90. The summed E-state index contributed by atoms with van der Waals surface area (Å²) in [5.74, 6) is 0.351. The molecule has 0 aliphatic carbocycles. The van der Waals surface area contributed by atoms with Crippen molar-refractivity contribution in [3.05, 3.63) is 10.6 Å². The van der Waals surface area contributed by atoms with Crippen molar-refractivity contribution < 1.29 is 8.78 Å². The first kappa shape index (κ1) is 17.3. The SMILES string of the molecule is CCC(C)c1nc(N(C)CC(F)F)sc1CNC(C)C. The Morgan fingerprint density at radius 2 is 1.95 bits per heavy atom. The molecule has 1 heterocycles. The van der Waals surface area contributed by atoms with E-state index in [-0.39, 0.29) is 6.54 Å². The van der Waals surface area contributed by atoms with Crippen LogP contribution in [0.3, 0.4) is 0 Å². The number of nitrogens with one attached hydrogen (secondary N) is 1. The largest absolute Gasteiger partial charge is 0.345 e. The third-order valence-electron chi connectivity index (χ3n) is 3.20. The lowest BCUT2D eigenvalue weighted by Crippen LogP contribution is -2.23. The molecule has 20 heavy (non-hydrogen) atoms. The van der Waals surface area contributed by atoms with Gasteiger partial charge in [-0.25, -0.2) is 13.8 Å². The fourth-order valence-corrected chi connectivity index (χ4v) is 2.90. The number of anilines is 1. The molecular weight excluding hydrogens is 280 g/mol. The molecular formula is C14H25F2N3S. The first-order chi connectivity index (χ1) is 9.35. The van der Waals surface area contributed by atoms with Gasteiger partial charge in [0.25, 0.3) is 6.43 Å². The van der Waals surface area contributed by atoms with Crippen molar-refractivity contribution in [3.63, 3.8) is 0 Å². The number of halogens is 2. The van der Waals surface area contributed by atoms with Crippen LogP contribution < -0.4 is 10.2 Å². The Bertz CT molecular complexity index is 407. The fourth-order valence-electron chi connectivity index (χ4n) is 1.80. The van der Waals surface area contributed by atoms with Gasteiger partial charge in [0.1, 0.15) is 0 Å². The third kappa shape index (κ3) is 4.98. The van der Waals surface area contributed by atoms with Gasteiger partial charge >= 0.3 is 0 Å². The van der Waals surface area contributed by atoms with Crippen molar-refractivity contribution in [2.24, 2.45) is 0 Å². The van der Waals surface area contributed by atoms with Crippen LogP contribution in [0.15, 0.2) is 0 Å². The van der Waals surface area contributed by atoms with Crippen molar-refractivity contribution in [1.29, 1.82) is 0 Å². The molecule has 0 saturated heterocycles. The van der Waals surface area contributed by atoms with Crippen LogP contribution in [-0.4, -0.2) is 31.0 Å². The van der Waals surface area contributed by atoms with Crippen LogP contribution in [0.1, 0.15) is 50.6 Å². The Morgan fingerprint density at radius 1 is 1.30 bits per heavy atom. The number of hydrogen-bond donors (Lipinski definition) is 1. The highest BCUT2D eigenvalue weighted by atomic mass is 32.1. The van der Waals surface area contributed by atoms with Gasteiger partial charge in [-0.3, -0.25) is 0 Å². The van der Waals surface area contributed by atoms with Crippen LogP contribution in [0.25, 0.3) is 0 Å². The minimum absolute atomic E-state index is 0.273. The van der Waals surface area contributed by atoms with Gasteiger partial charge in [-0.05, 0) is 12.3 Å². The summed E-state index contributed by atoms with van der Waals surface area (Å²) in [6, 6.07) is 0.393. The van der Waals surface area contributed by atoms with Crippen LogP contribution in [0.4, 0.5) is 13.9 Å². The lowest BCUT2D eigenvalue weighted by molar-refractivity contribution is 0.156. The third-order valence-corrected chi connectivity index (χ3v) is 4.39. The fraction of sp³-hybridized carbons (Fsp3) is 0.786. The normalized spacial score (nSPS) is 13.2. The maximum atomic E-state index is 12.5. The van der Waals surface area contributed by atoms with Gasteiger partial charge in [-0.2, -0.15) is 0 Å². The van der Waals surface area contributed by atoms with Gasteiger partial charge in [-0.1, -0.05) is 27.7 Å². The van der Waals surface area contributed by atoms with Crippen LogP contribution in [0.5, 0.6) is 0 Å². The minimum atomic E-state index is -2.34. The zero-order chi connectivity index (χ0) is 15.3. The average Bonchev–Trinajstić information content (AvgIpc) is 2.78. The van der Waals surface area contributed by atoms with Crippen molar-refractivity contribution in [2.75, 3.05) is 18.5 Å². The van der Waals surface area contributed by atoms with Gasteiger partial charge in [-0.15, -0.1) is 11.3 Å². The number of nitrogens with zero attached hydrogens (tertiary/aromatic N) is 2. The summed E-state index contributed by atoms with van der Waals surface area (Å²) >= 11 is 1.51. The molecule has 1 N–H and O–H groups in total. The van der Waals surface area contributed by atoms with E-state index in [0.29, 0.717) is 17.1 Å². The van der Waals surface area contributed by atoms with E-state index >= 15 is 0 Å². The summed E-state index contributed by atoms with van der Waals surface area (Å²) in [7, 11) is 1.67. The predicted octanol–water partition coefficient (Wildman–Crippen LogP) is 3.86. The Balaban J connectivity index is 2.92. The monoisotopic (exact) mass is 305 g/mol. The predicted molar refractivity (Wildman–Crippen MR) is 82.1 cm³/mol. The number of alkyl halides is 2. The van der Waals surface area contributed by atoms with E-state index in [1.165, 1.54) is 11.3 Å². The van der Waals surface area contributed by atoms with Gasteiger partial charge in [0.05, 0.1) is 12.2 Å². The number of hydrogen-bond acceptors (Lipinski definition) is 4. The second kappa shape index (κ2) is 7.88. The van der Waals surface area contributed by atoms with Gasteiger partial charge in [0.2, 0.25) is 0 Å².